The predicted octanol–water partition coefficient (Wildman–Crippen LogP) is -3.63. The molecule has 0 bridgehead atoms. The molecule has 0 N–H and O–H groups in total. The predicted molar refractivity (Wildman–Crippen MR) is 41.9 cm³/mol. The van der Waals surface area contributed by atoms with E-state index < -0.39 is 5.97 Å². The summed E-state index contributed by atoms with van der Waals surface area (Å²) in [5.74, 6) is -0.491. The molecule has 0 aliphatic carbocycles. The Kier molecular flexibility index (Phi) is 3.73. The van der Waals surface area contributed by atoms with Gasteiger partial charge in [-0.05, 0) is 12.8 Å². The molecule has 0 radical (unpaired) electrons. The third kappa shape index (κ3) is 1.99. The van der Waals surface area contributed by atoms with Gasteiger partial charge in [-0.2, -0.15) is 0 Å². The first-order valence-electron chi connectivity index (χ1n) is 4.42. The average Bonchev–Trinajstić information content (AvgIpc) is 2.36. The van der Waals surface area contributed by atoms with Crippen LogP contribution in [-0.4, -0.2) is 20.7 Å². The van der Waals surface area contributed by atoms with Crippen molar-refractivity contribution in [3.05, 3.63) is 11.6 Å². The molecule has 1 aromatic rings. The number of carboxylic acid groups (broad SMARTS) is 1. The van der Waals surface area contributed by atoms with Gasteiger partial charge in [0.05, 0.1) is 0 Å². The summed E-state index contributed by atoms with van der Waals surface area (Å²) in [4.78, 5) is 10.6. The molecule has 1 aliphatic heterocycles. The Labute approximate surface area is 93.7 Å². The molecule has 2 heterocycles. The quantitative estimate of drug-likeness (QED) is 0.425. The fourth-order valence-electron chi connectivity index (χ4n) is 1.64. The zero-order valence-electron chi connectivity index (χ0n) is 8.19. The fourth-order valence-corrected chi connectivity index (χ4v) is 1.64. The smallest absolute Gasteiger partial charge is 0.541 e. The van der Waals surface area contributed by atoms with Crippen molar-refractivity contribution >= 4 is 5.97 Å². The summed E-state index contributed by atoms with van der Waals surface area (Å²) >= 11 is 0. The van der Waals surface area contributed by atoms with E-state index >= 15 is 0 Å². The van der Waals surface area contributed by atoms with Gasteiger partial charge in [0.2, 0.25) is 0 Å². The first-order valence-corrected chi connectivity index (χ1v) is 4.42. The summed E-state index contributed by atoms with van der Waals surface area (Å²) in [7, 11) is 0. The van der Waals surface area contributed by atoms with Gasteiger partial charge in [-0.3, -0.25) is 0 Å². The van der Waals surface area contributed by atoms with Crippen LogP contribution in [0.2, 0.25) is 0 Å². The van der Waals surface area contributed by atoms with Crippen molar-refractivity contribution in [2.24, 2.45) is 0 Å². The molecular formula is C8H10LiN3O2. The normalized spacial score (nSPS) is 15.1. The fraction of sp³-hybridized carbons (Fsp3) is 0.625. The molecule has 0 saturated carbocycles. The van der Waals surface area contributed by atoms with Crippen molar-refractivity contribution < 1.29 is 28.8 Å². The number of fused-ring (bicyclic) bond motifs is 1. The Morgan fingerprint density at radius 2 is 2.07 bits per heavy atom. The largest absolute Gasteiger partial charge is 1.00 e. The van der Waals surface area contributed by atoms with Crippen LogP contribution in [0.1, 0.15) is 35.7 Å². The van der Waals surface area contributed by atoms with Gasteiger partial charge in [-0.15, -0.1) is 10.2 Å². The molecule has 0 aromatic carbocycles. The second-order valence-corrected chi connectivity index (χ2v) is 3.19. The van der Waals surface area contributed by atoms with Crippen molar-refractivity contribution in [3.63, 3.8) is 0 Å². The minimum Gasteiger partial charge on any atom is -0.541 e. The van der Waals surface area contributed by atoms with Crippen LogP contribution in [0.4, 0.5) is 0 Å². The molecule has 0 amide bonds. The number of carbonyl (C=O) groups excluding carboxylic acids is 1. The second kappa shape index (κ2) is 4.63. The number of aryl methyl sites for hydroxylation is 1. The number of aromatic nitrogens is 3. The minimum atomic E-state index is -1.24. The van der Waals surface area contributed by atoms with E-state index in [9.17, 15) is 9.90 Å². The van der Waals surface area contributed by atoms with E-state index in [2.05, 4.69) is 10.2 Å². The third-order valence-corrected chi connectivity index (χ3v) is 2.29. The molecule has 1 aliphatic rings. The first kappa shape index (κ1) is 11.3. The van der Waals surface area contributed by atoms with Gasteiger partial charge >= 0.3 is 18.9 Å². The van der Waals surface area contributed by atoms with E-state index in [1.165, 1.54) is 0 Å². The zero-order chi connectivity index (χ0) is 9.26. The SMILES string of the molecule is O=C([O-])c1nnc2n1CCCCC2.[Li+]. The Morgan fingerprint density at radius 3 is 2.79 bits per heavy atom. The van der Waals surface area contributed by atoms with Gasteiger partial charge < -0.3 is 14.5 Å². The summed E-state index contributed by atoms with van der Waals surface area (Å²) in [5.41, 5.74) is 0. The number of hydrogen-bond donors (Lipinski definition) is 0. The van der Waals surface area contributed by atoms with Crippen LogP contribution in [0.3, 0.4) is 0 Å². The van der Waals surface area contributed by atoms with Gasteiger partial charge in [-0.25, -0.2) is 0 Å². The van der Waals surface area contributed by atoms with Crippen LogP contribution in [0.25, 0.3) is 0 Å². The van der Waals surface area contributed by atoms with Crippen LogP contribution in [0, 0.1) is 0 Å². The third-order valence-electron chi connectivity index (χ3n) is 2.29. The Bertz CT molecular complexity index is 337. The van der Waals surface area contributed by atoms with Crippen LogP contribution >= 0.6 is 0 Å². The van der Waals surface area contributed by atoms with E-state index in [-0.39, 0.29) is 24.7 Å². The zero-order valence-corrected chi connectivity index (χ0v) is 8.19. The van der Waals surface area contributed by atoms with Crippen molar-refractivity contribution in [1.82, 2.24) is 14.8 Å². The molecule has 14 heavy (non-hydrogen) atoms. The van der Waals surface area contributed by atoms with Crippen LogP contribution in [0.15, 0.2) is 0 Å². The summed E-state index contributed by atoms with van der Waals surface area (Å²) < 4.78 is 1.66. The number of hydrogen-bond acceptors (Lipinski definition) is 4. The van der Waals surface area contributed by atoms with Gasteiger partial charge in [0.1, 0.15) is 11.8 Å². The summed E-state index contributed by atoms with van der Waals surface area (Å²) in [6.07, 6.45) is 3.99. The Balaban J connectivity index is 0.000000980. The topological polar surface area (TPSA) is 70.8 Å². The van der Waals surface area contributed by atoms with Gasteiger partial charge in [0.25, 0.3) is 0 Å². The van der Waals surface area contributed by atoms with Crippen LogP contribution in [0.5, 0.6) is 0 Å². The van der Waals surface area contributed by atoms with Crippen molar-refractivity contribution in [3.8, 4) is 0 Å². The van der Waals surface area contributed by atoms with Gasteiger partial charge in [0.15, 0.2) is 5.82 Å². The summed E-state index contributed by atoms with van der Waals surface area (Å²) in [5, 5.41) is 18.0. The number of nitrogens with zero attached hydrogens (tertiary/aromatic N) is 3. The maximum Gasteiger partial charge on any atom is 1.00 e. The van der Waals surface area contributed by atoms with E-state index in [0.29, 0.717) is 6.54 Å². The monoisotopic (exact) mass is 187 g/mol. The van der Waals surface area contributed by atoms with Crippen molar-refractivity contribution in [2.45, 2.75) is 32.2 Å². The molecule has 0 saturated heterocycles. The van der Waals surface area contributed by atoms with Crippen LogP contribution in [-0.2, 0) is 13.0 Å². The molecule has 1 aromatic heterocycles. The van der Waals surface area contributed by atoms with Gasteiger partial charge in [0, 0.05) is 13.0 Å². The standard InChI is InChI=1S/C8H11N3O2.Li/c12-8(13)7-10-9-6-4-2-1-3-5-11(6)7;/h1-5H2,(H,12,13);/q;+1/p-1. The molecule has 70 valence electrons. The Hall–Kier alpha value is -0.793. The van der Waals surface area contributed by atoms with Crippen LogP contribution < -0.4 is 24.0 Å². The molecule has 0 fully saturated rings. The molecule has 5 nitrogen and oxygen atoms in total. The molecule has 6 heteroatoms. The number of rotatable bonds is 1. The van der Waals surface area contributed by atoms with E-state index in [0.717, 1.165) is 31.5 Å². The number of carboxylic acids is 1. The second-order valence-electron chi connectivity index (χ2n) is 3.19. The van der Waals surface area contributed by atoms with E-state index in [1.54, 1.807) is 4.57 Å². The molecule has 2 rings (SSSR count). The Morgan fingerprint density at radius 1 is 1.29 bits per heavy atom. The molecule has 0 unspecified atom stereocenters. The molecule has 0 atom stereocenters. The van der Waals surface area contributed by atoms with E-state index in [4.69, 9.17) is 0 Å². The number of aromatic carboxylic acids is 1. The molecule has 0 spiro atoms. The number of carbonyl (C=O) groups is 1. The van der Waals surface area contributed by atoms with Crippen molar-refractivity contribution in [2.75, 3.05) is 0 Å². The maximum absolute atomic E-state index is 10.6. The van der Waals surface area contributed by atoms with Gasteiger partial charge in [-0.1, -0.05) is 6.42 Å². The minimum absolute atomic E-state index is 0. The maximum atomic E-state index is 10.6. The summed E-state index contributed by atoms with van der Waals surface area (Å²) in [6.45, 7) is 0.700. The molecular weight excluding hydrogens is 177 g/mol. The van der Waals surface area contributed by atoms with Crippen molar-refractivity contribution in [1.29, 1.82) is 0 Å². The summed E-state index contributed by atoms with van der Waals surface area (Å²) in [6, 6.07) is 0. The average molecular weight is 187 g/mol. The van der Waals surface area contributed by atoms with E-state index in [1.807, 2.05) is 0 Å². The first-order chi connectivity index (χ1) is 6.29.